The van der Waals surface area contributed by atoms with Crippen molar-refractivity contribution in [2.75, 3.05) is 19.6 Å². The first-order valence-corrected chi connectivity index (χ1v) is 9.48. The Morgan fingerprint density at radius 3 is 2.60 bits per heavy atom. The Kier molecular flexibility index (Phi) is 6.09. The Morgan fingerprint density at radius 1 is 1.40 bits per heavy atom. The van der Waals surface area contributed by atoms with Gasteiger partial charge in [0.25, 0.3) is 0 Å². The van der Waals surface area contributed by atoms with Gasteiger partial charge in [0, 0.05) is 26.3 Å². The Balaban J connectivity index is 2.15. The number of halogens is 1. The third-order valence-corrected chi connectivity index (χ3v) is 6.49. The molecule has 0 aliphatic carbocycles. The van der Waals surface area contributed by atoms with E-state index in [9.17, 15) is 0 Å². The molecule has 1 aromatic rings. The largest absolute Gasteiger partial charge is 0.312 e. The fourth-order valence-electron chi connectivity index (χ4n) is 3.34. The molecule has 1 saturated heterocycles. The standard InChI is InChI=1S/C16H27BrN2S/c1-4-16(3,19-8-6-7-9-19)15(18-5-2)11-14-10-13(17)12-20-14/h10,12,15,18H,4-9,11H2,1-3H3. The summed E-state index contributed by atoms with van der Waals surface area (Å²) >= 11 is 5.44. The van der Waals surface area contributed by atoms with Gasteiger partial charge < -0.3 is 5.32 Å². The molecule has 0 spiro atoms. The van der Waals surface area contributed by atoms with Crippen molar-refractivity contribution in [3.05, 3.63) is 20.8 Å². The topological polar surface area (TPSA) is 15.3 Å². The highest BCUT2D eigenvalue weighted by molar-refractivity contribution is 9.10. The second kappa shape index (κ2) is 7.39. The van der Waals surface area contributed by atoms with Crippen molar-refractivity contribution >= 4 is 27.3 Å². The lowest BCUT2D eigenvalue weighted by atomic mass is 9.85. The first-order valence-electron chi connectivity index (χ1n) is 7.81. The molecule has 0 saturated carbocycles. The van der Waals surface area contributed by atoms with E-state index in [1.807, 2.05) is 11.3 Å². The summed E-state index contributed by atoms with van der Waals surface area (Å²) in [6.07, 6.45) is 5.06. The summed E-state index contributed by atoms with van der Waals surface area (Å²) in [5.41, 5.74) is 0.267. The lowest BCUT2D eigenvalue weighted by Crippen LogP contribution is -2.59. The Labute approximate surface area is 136 Å². The van der Waals surface area contributed by atoms with Crippen LogP contribution in [0, 0.1) is 0 Å². The Bertz CT molecular complexity index is 414. The smallest absolute Gasteiger partial charge is 0.0335 e. The van der Waals surface area contributed by atoms with Crippen molar-refractivity contribution in [2.24, 2.45) is 0 Å². The van der Waals surface area contributed by atoms with Crippen molar-refractivity contribution in [3.63, 3.8) is 0 Å². The molecule has 0 radical (unpaired) electrons. The van der Waals surface area contributed by atoms with Crippen LogP contribution < -0.4 is 5.32 Å². The third-order valence-electron chi connectivity index (χ3n) is 4.77. The molecule has 1 aliphatic heterocycles. The molecule has 0 bridgehead atoms. The quantitative estimate of drug-likeness (QED) is 0.781. The van der Waals surface area contributed by atoms with E-state index in [0.717, 1.165) is 13.0 Å². The molecule has 114 valence electrons. The maximum absolute atomic E-state index is 3.76. The normalized spacial score (nSPS) is 21.0. The molecule has 4 heteroatoms. The van der Waals surface area contributed by atoms with E-state index >= 15 is 0 Å². The van der Waals surface area contributed by atoms with Crippen molar-refractivity contribution in [1.29, 1.82) is 0 Å². The van der Waals surface area contributed by atoms with Gasteiger partial charge in [0.15, 0.2) is 0 Å². The number of rotatable bonds is 7. The summed E-state index contributed by atoms with van der Waals surface area (Å²) in [5, 5.41) is 5.95. The van der Waals surface area contributed by atoms with Gasteiger partial charge in [-0.3, -0.25) is 4.90 Å². The summed E-state index contributed by atoms with van der Waals surface area (Å²) in [7, 11) is 0. The molecule has 1 fully saturated rings. The average Bonchev–Trinajstić information content (AvgIpc) is 3.09. The van der Waals surface area contributed by atoms with Crippen LogP contribution in [0.5, 0.6) is 0 Å². The average molecular weight is 359 g/mol. The summed E-state index contributed by atoms with van der Waals surface area (Å²) in [6, 6.07) is 2.80. The molecule has 2 heterocycles. The van der Waals surface area contributed by atoms with Gasteiger partial charge in [-0.2, -0.15) is 0 Å². The zero-order chi connectivity index (χ0) is 14.6. The van der Waals surface area contributed by atoms with Gasteiger partial charge >= 0.3 is 0 Å². The van der Waals surface area contributed by atoms with Crippen molar-refractivity contribution in [1.82, 2.24) is 10.2 Å². The Morgan fingerprint density at radius 2 is 2.10 bits per heavy atom. The molecule has 0 amide bonds. The van der Waals surface area contributed by atoms with E-state index in [-0.39, 0.29) is 5.54 Å². The van der Waals surface area contributed by atoms with Crippen LogP contribution in [0.4, 0.5) is 0 Å². The molecule has 1 aliphatic rings. The SMILES string of the molecule is CCNC(Cc1cc(Br)cs1)C(C)(CC)N1CCCC1. The molecule has 0 aromatic carbocycles. The number of nitrogens with one attached hydrogen (secondary N) is 1. The highest BCUT2D eigenvalue weighted by Gasteiger charge is 2.39. The maximum Gasteiger partial charge on any atom is 0.0335 e. The van der Waals surface area contributed by atoms with Gasteiger partial charge in [-0.05, 0) is 74.2 Å². The Hall–Kier alpha value is 0.1000. The van der Waals surface area contributed by atoms with Crippen LogP contribution in [-0.4, -0.2) is 36.1 Å². The number of nitrogens with zero attached hydrogens (tertiary/aromatic N) is 1. The van der Waals surface area contributed by atoms with E-state index < -0.39 is 0 Å². The maximum atomic E-state index is 3.76. The summed E-state index contributed by atoms with van der Waals surface area (Å²) < 4.78 is 1.21. The molecular weight excluding hydrogens is 332 g/mol. The van der Waals surface area contributed by atoms with Gasteiger partial charge in [0.1, 0.15) is 0 Å². The van der Waals surface area contributed by atoms with Crippen LogP contribution in [0.2, 0.25) is 0 Å². The number of likely N-dealkylation sites (N-methyl/N-ethyl adjacent to an activating group) is 1. The van der Waals surface area contributed by atoms with Crippen LogP contribution in [0.1, 0.15) is 44.9 Å². The highest BCUT2D eigenvalue weighted by Crippen LogP contribution is 2.31. The van der Waals surface area contributed by atoms with Gasteiger partial charge in [0.05, 0.1) is 0 Å². The van der Waals surface area contributed by atoms with Gasteiger partial charge in [0.2, 0.25) is 0 Å². The van der Waals surface area contributed by atoms with Crippen molar-refractivity contribution in [2.45, 2.75) is 58.0 Å². The summed E-state index contributed by atoms with van der Waals surface area (Å²) in [4.78, 5) is 4.19. The fourth-order valence-corrected chi connectivity index (χ4v) is 4.84. The van der Waals surface area contributed by atoms with Crippen LogP contribution in [0.15, 0.2) is 15.9 Å². The molecule has 20 heavy (non-hydrogen) atoms. The van der Waals surface area contributed by atoms with Crippen LogP contribution >= 0.6 is 27.3 Å². The molecule has 1 aromatic heterocycles. The van der Waals surface area contributed by atoms with Gasteiger partial charge in [-0.25, -0.2) is 0 Å². The number of hydrogen-bond acceptors (Lipinski definition) is 3. The third kappa shape index (κ3) is 3.65. The second-order valence-corrected chi connectivity index (χ2v) is 7.86. The monoisotopic (exact) mass is 358 g/mol. The van der Waals surface area contributed by atoms with E-state index in [0.29, 0.717) is 6.04 Å². The second-order valence-electron chi connectivity index (χ2n) is 5.95. The minimum absolute atomic E-state index is 0.267. The minimum atomic E-state index is 0.267. The van der Waals surface area contributed by atoms with E-state index in [1.165, 1.54) is 41.7 Å². The van der Waals surface area contributed by atoms with Crippen LogP contribution in [0.25, 0.3) is 0 Å². The number of hydrogen-bond donors (Lipinski definition) is 1. The fraction of sp³-hybridized carbons (Fsp3) is 0.750. The lowest BCUT2D eigenvalue weighted by molar-refractivity contribution is 0.0850. The van der Waals surface area contributed by atoms with Crippen LogP contribution in [-0.2, 0) is 6.42 Å². The number of likely N-dealkylation sites (tertiary alicyclic amines) is 1. The molecule has 2 atom stereocenters. The first kappa shape index (κ1) is 16.5. The van der Waals surface area contributed by atoms with Gasteiger partial charge in [-0.1, -0.05) is 13.8 Å². The number of thiophene rings is 1. The van der Waals surface area contributed by atoms with Crippen LogP contribution in [0.3, 0.4) is 0 Å². The van der Waals surface area contributed by atoms with Crippen molar-refractivity contribution < 1.29 is 0 Å². The molecule has 1 N–H and O–H groups in total. The van der Waals surface area contributed by atoms with Gasteiger partial charge in [-0.15, -0.1) is 11.3 Å². The highest BCUT2D eigenvalue weighted by atomic mass is 79.9. The zero-order valence-corrected chi connectivity index (χ0v) is 15.3. The molecular formula is C16H27BrN2S. The molecule has 2 rings (SSSR count). The summed E-state index contributed by atoms with van der Waals surface area (Å²) in [6.45, 7) is 10.6. The predicted molar refractivity (Wildman–Crippen MR) is 92.7 cm³/mol. The van der Waals surface area contributed by atoms with E-state index in [1.54, 1.807) is 0 Å². The molecule has 2 unspecified atom stereocenters. The minimum Gasteiger partial charge on any atom is -0.312 e. The first-order chi connectivity index (χ1) is 9.60. The summed E-state index contributed by atoms with van der Waals surface area (Å²) in [5.74, 6) is 0. The zero-order valence-electron chi connectivity index (χ0n) is 12.9. The van der Waals surface area contributed by atoms with E-state index in [2.05, 4.69) is 58.4 Å². The molecule has 2 nitrogen and oxygen atoms in total. The van der Waals surface area contributed by atoms with Crippen molar-refractivity contribution in [3.8, 4) is 0 Å². The predicted octanol–water partition coefficient (Wildman–Crippen LogP) is 4.30. The van der Waals surface area contributed by atoms with E-state index in [4.69, 9.17) is 0 Å². The lowest BCUT2D eigenvalue weighted by Gasteiger charge is -2.45.